The van der Waals surface area contributed by atoms with Gasteiger partial charge in [-0.05, 0) is 247 Å². The van der Waals surface area contributed by atoms with Gasteiger partial charge in [0.05, 0.1) is 34.2 Å². The van der Waals surface area contributed by atoms with E-state index >= 15 is 0 Å². The SMILES string of the molecule is Cc1c(C)c(C)n(C)c1C.Cc1c(C)c(C)n(C)c1C.Cc1nc(C)n(C)c1C.Cc1nc(C)n(C)c1C.Cc1nc(C)n(C)c1C.Cc1nc(C)n(C)n1.Cc1nn(C)c(C)c1C.Cc1nn(C)c(C)c1C.Cc1nn(C)c(C)c1C.Cc1nnc(C)n1C. The summed E-state index contributed by atoms with van der Waals surface area (Å²) < 4.78 is 20.2. The Balaban J connectivity index is 0.000000500. The largest absolute Gasteiger partial charge is 0.352 e. The number of nitrogens with zero attached hydrogens (tertiary/aromatic N) is 20. The Morgan fingerprint density at radius 3 is 0.467 bits per heavy atom. The van der Waals surface area contributed by atoms with Crippen LogP contribution in [0.1, 0.15) is 171 Å². The van der Waals surface area contributed by atoms with E-state index in [4.69, 9.17) is 0 Å². The zero-order valence-electron chi connectivity index (χ0n) is 63.9. The first-order valence-electron chi connectivity index (χ1n) is 30.9. The fourth-order valence-electron chi connectivity index (χ4n) is 9.02. The Labute approximate surface area is 543 Å². The summed E-state index contributed by atoms with van der Waals surface area (Å²) in [7, 11) is 20.1. The van der Waals surface area contributed by atoms with Crippen molar-refractivity contribution >= 4 is 0 Å². The molecular weight excluding hydrogens is 1120 g/mol. The maximum absolute atomic E-state index is 4.27. The third-order valence-corrected chi connectivity index (χ3v) is 18.8. The lowest BCUT2D eigenvalue weighted by molar-refractivity contribution is 0.728. The van der Waals surface area contributed by atoms with Crippen molar-refractivity contribution < 1.29 is 0 Å². The van der Waals surface area contributed by atoms with E-state index in [0.717, 1.165) is 74.9 Å². The average Bonchev–Trinajstić information content (AvgIpc) is 1.98. The highest BCUT2D eigenvalue weighted by molar-refractivity contribution is 5.36. The molecule has 0 fully saturated rings. The van der Waals surface area contributed by atoms with Crippen LogP contribution in [0.5, 0.6) is 0 Å². The van der Waals surface area contributed by atoms with Crippen LogP contribution < -0.4 is 0 Å². The summed E-state index contributed by atoms with van der Waals surface area (Å²) >= 11 is 0. The molecule has 0 saturated heterocycles. The number of hydrogen-bond acceptors (Lipinski definition) is 10. The lowest BCUT2D eigenvalue weighted by atomic mass is 10.2. The molecule has 0 N–H and O–H groups in total. The summed E-state index contributed by atoms with van der Waals surface area (Å²) in [5, 5.41) is 24.4. The molecular formula is C70H120N20. The van der Waals surface area contributed by atoms with E-state index in [1.807, 2.05) is 165 Å². The van der Waals surface area contributed by atoms with Crippen LogP contribution in [0, 0.1) is 208 Å². The molecule has 10 heterocycles. The van der Waals surface area contributed by atoms with E-state index in [1.54, 1.807) is 4.68 Å². The monoisotopic (exact) mass is 1240 g/mol. The van der Waals surface area contributed by atoms with Gasteiger partial charge < -0.3 is 27.4 Å². The van der Waals surface area contributed by atoms with E-state index < -0.39 is 0 Å². The molecule has 10 aromatic rings. The highest BCUT2D eigenvalue weighted by atomic mass is 15.3. The second kappa shape index (κ2) is 34.9. The summed E-state index contributed by atoms with van der Waals surface area (Å²) in [6.45, 7) is 62.0. The van der Waals surface area contributed by atoms with E-state index in [-0.39, 0.29) is 0 Å². The van der Waals surface area contributed by atoms with Crippen molar-refractivity contribution in [2.75, 3.05) is 0 Å². The van der Waals surface area contributed by atoms with Gasteiger partial charge in [-0.15, -0.1) is 10.2 Å². The minimum absolute atomic E-state index is 0.838. The second-order valence-electron chi connectivity index (χ2n) is 24.1. The molecule has 0 bridgehead atoms. The topological polar surface area (TPSA) is 178 Å². The normalized spacial score (nSPS) is 10.2. The molecule has 0 amide bonds. The van der Waals surface area contributed by atoms with E-state index in [9.17, 15) is 0 Å². The second-order valence-corrected chi connectivity index (χ2v) is 24.1. The molecule has 0 aliphatic carbocycles. The van der Waals surface area contributed by atoms with Crippen LogP contribution in [0.3, 0.4) is 0 Å². The number of imidazole rings is 3. The van der Waals surface area contributed by atoms with Gasteiger partial charge in [-0.1, -0.05) is 0 Å². The molecule has 0 unspecified atom stereocenters. The highest BCUT2D eigenvalue weighted by Gasteiger charge is 2.09. The molecule has 90 heavy (non-hydrogen) atoms. The number of hydrogen-bond donors (Lipinski definition) is 0. The molecule has 0 aliphatic heterocycles. The van der Waals surface area contributed by atoms with Crippen molar-refractivity contribution in [3.8, 4) is 0 Å². The van der Waals surface area contributed by atoms with Crippen LogP contribution in [0.4, 0.5) is 0 Å². The summed E-state index contributed by atoms with van der Waals surface area (Å²) in [5.74, 6) is 6.98. The van der Waals surface area contributed by atoms with E-state index in [1.165, 1.54) is 95.9 Å². The van der Waals surface area contributed by atoms with Crippen LogP contribution in [-0.4, -0.2) is 96.7 Å². The summed E-state index contributed by atoms with van der Waals surface area (Å²) in [6.07, 6.45) is 0. The number of aryl methyl sites for hydroxylation is 17. The van der Waals surface area contributed by atoms with Crippen LogP contribution in [0.25, 0.3) is 0 Å². The molecule has 0 radical (unpaired) electrons. The predicted octanol–water partition coefficient (Wildman–Crippen LogP) is 13.5. The molecule has 0 aromatic carbocycles. The molecule has 0 aliphatic rings. The van der Waals surface area contributed by atoms with Gasteiger partial charge >= 0.3 is 0 Å². The van der Waals surface area contributed by atoms with Gasteiger partial charge in [0.1, 0.15) is 40.8 Å². The summed E-state index contributed by atoms with van der Waals surface area (Å²) in [4.78, 5) is 16.9. The zero-order chi connectivity index (χ0) is 70.2. The first-order valence-corrected chi connectivity index (χ1v) is 30.9. The van der Waals surface area contributed by atoms with Crippen molar-refractivity contribution in [2.45, 2.75) is 208 Å². The van der Waals surface area contributed by atoms with Crippen LogP contribution in [-0.2, 0) is 70.5 Å². The standard InChI is InChI=1S/2C9H15N.6C7H12N2.2C5H9N3/c2*1-6-7(2)9(4)10(5)8(6)3;3*1-5-6(2)9(4)7(3)8-5;3*1-5-6(2)8-9(4)7(5)3;1-4-6-7-5(2)8(4)3;1-4-6-5(2)8(3)7-4/h2*1-5H3;6*1-4H3;2*1-3H3. The van der Waals surface area contributed by atoms with Crippen molar-refractivity contribution in [1.29, 1.82) is 0 Å². The van der Waals surface area contributed by atoms with Gasteiger partial charge in [0.25, 0.3) is 0 Å². The van der Waals surface area contributed by atoms with Crippen LogP contribution in [0.2, 0.25) is 0 Å². The fourth-order valence-corrected chi connectivity index (χ4v) is 9.02. The third kappa shape index (κ3) is 21.4. The number of rotatable bonds is 0. The molecule has 0 saturated carbocycles. The van der Waals surface area contributed by atoms with Gasteiger partial charge in [0.2, 0.25) is 0 Å². The van der Waals surface area contributed by atoms with Crippen LogP contribution >= 0.6 is 0 Å². The summed E-state index contributed by atoms with van der Waals surface area (Å²) in [6, 6.07) is 0. The lowest BCUT2D eigenvalue weighted by Crippen LogP contribution is -1.92. The van der Waals surface area contributed by atoms with Crippen molar-refractivity contribution in [2.24, 2.45) is 70.5 Å². The molecule has 0 atom stereocenters. The van der Waals surface area contributed by atoms with Crippen molar-refractivity contribution in [3.05, 3.63) is 171 Å². The Morgan fingerprint density at radius 1 is 0.178 bits per heavy atom. The molecule has 500 valence electrons. The Morgan fingerprint density at radius 2 is 0.411 bits per heavy atom. The van der Waals surface area contributed by atoms with Gasteiger partial charge in [-0.3, -0.25) is 18.7 Å². The molecule has 10 rings (SSSR count). The zero-order valence-corrected chi connectivity index (χ0v) is 63.9. The maximum Gasteiger partial charge on any atom is 0.147 e. The van der Waals surface area contributed by atoms with Gasteiger partial charge in [-0.2, -0.15) is 20.4 Å². The van der Waals surface area contributed by atoms with Gasteiger partial charge in [0, 0.05) is 127 Å². The lowest BCUT2D eigenvalue weighted by Gasteiger charge is -1.98. The van der Waals surface area contributed by atoms with Crippen molar-refractivity contribution in [3.63, 3.8) is 0 Å². The smallest absolute Gasteiger partial charge is 0.147 e. The average molecular weight is 1240 g/mol. The molecule has 20 heteroatoms. The first-order chi connectivity index (χ1) is 41.3. The molecule has 20 nitrogen and oxygen atoms in total. The van der Waals surface area contributed by atoms with Gasteiger partial charge in [-0.25, -0.2) is 19.9 Å². The quantitative estimate of drug-likeness (QED) is 0.142. The maximum atomic E-state index is 4.27. The summed E-state index contributed by atoms with van der Waals surface area (Å²) in [5.41, 5.74) is 29.5. The minimum Gasteiger partial charge on any atom is -0.352 e. The highest BCUT2D eigenvalue weighted by Crippen LogP contribution is 2.19. The predicted molar refractivity (Wildman–Crippen MR) is 374 cm³/mol. The van der Waals surface area contributed by atoms with E-state index in [0.29, 0.717) is 0 Å². The Kier molecular flexibility index (Phi) is 31.1. The Hall–Kier alpha value is -7.90. The third-order valence-electron chi connectivity index (χ3n) is 18.8. The Bertz CT molecular complexity index is 3120. The van der Waals surface area contributed by atoms with Gasteiger partial charge in [0.15, 0.2) is 0 Å². The minimum atomic E-state index is 0.838. The fraction of sp³-hybridized carbons (Fsp3) is 0.571. The number of aromatic nitrogens is 20. The van der Waals surface area contributed by atoms with Crippen LogP contribution in [0.15, 0.2) is 0 Å². The first kappa shape index (κ1) is 80.1. The van der Waals surface area contributed by atoms with Crippen molar-refractivity contribution in [1.82, 2.24) is 96.7 Å². The molecule has 10 aromatic heterocycles. The van der Waals surface area contributed by atoms with E-state index in [2.05, 4.69) is 205 Å². The molecule has 0 spiro atoms.